The SMILES string of the molecule is CN(C)C(=O)CCc1ccc2c(c1)CN(C(=O)CCc1nc(-c3ccccc3)no1)CCO2. The predicted molar refractivity (Wildman–Crippen MR) is 122 cm³/mol. The van der Waals surface area contributed by atoms with Crippen LogP contribution in [-0.2, 0) is 29.0 Å². The molecule has 33 heavy (non-hydrogen) atoms. The monoisotopic (exact) mass is 448 g/mol. The lowest BCUT2D eigenvalue weighted by atomic mass is 10.0. The van der Waals surface area contributed by atoms with Crippen molar-refractivity contribution in [1.29, 1.82) is 0 Å². The van der Waals surface area contributed by atoms with Crippen molar-refractivity contribution in [2.45, 2.75) is 32.2 Å². The summed E-state index contributed by atoms with van der Waals surface area (Å²) in [7, 11) is 3.51. The lowest BCUT2D eigenvalue weighted by molar-refractivity contribution is -0.132. The molecule has 0 N–H and O–H groups in total. The molecule has 8 heteroatoms. The maximum atomic E-state index is 12.9. The lowest BCUT2D eigenvalue weighted by Gasteiger charge is -2.19. The molecule has 0 saturated heterocycles. The summed E-state index contributed by atoms with van der Waals surface area (Å²) in [6, 6.07) is 15.5. The van der Waals surface area contributed by atoms with E-state index in [2.05, 4.69) is 10.1 Å². The van der Waals surface area contributed by atoms with Crippen LogP contribution in [0.5, 0.6) is 5.75 Å². The predicted octanol–water partition coefficient (Wildman–Crippen LogP) is 3.11. The molecule has 1 aromatic heterocycles. The Bertz CT molecular complexity index is 1110. The number of amides is 2. The minimum atomic E-state index is 0.0131. The maximum absolute atomic E-state index is 12.9. The summed E-state index contributed by atoms with van der Waals surface area (Å²) in [5.41, 5.74) is 2.89. The minimum absolute atomic E-state index is 0.0131. The van der Waals surface area contributed by atoms with E-state index in [0.717, 1.165) is 22.4 Å². The molecule has 0 unspecified atom stereocenters. The Morgan fingerprint density at radius 2 is 1.88 bits per heavy atom. The van der Waals surface area contributed by atoms with Gasteiger partial charge in [-0.15, -0.1) is 0 Å². The van der Waals surface area contributed by atoms with Gasteiger partial charge >= 0.3 is 0 Å². The number of carbonyl (C=O) groups excluding carboxylic acids is 2. The van der Waals surface area contributed by atoms with E-state index in [4.69, 9.17) is 9.26 Å². The number of aromatic nitrogens is 2. The van der Waals surface area contributed by atoms with E-state index in [9.17, 15) is 9.59 Å². The fourth-order valence-electron chi connectivity index (χ4n) is 3.72. The van der Waals surface area contributed by atoms with E-state index in [0.29, 0.717) is 50.7 Å². The Morgan fingerprint density at radius 3 is 2.67 bits per heavy atom. The van der Waals surface area contributed by atoms with Crippen LogP contribution in [-0.4, -0.2) is 59.0 Å². The highest BCUT2D eigenvalue weighted by Crippen LogP contribution is 2.25. The van der Waals surface area contributed by atoms with Crippen molar-refractivity contribution in [3.8, 4) is 17.1 Å². The number of ether oxygens (including phenoxy) is 1. The smallest absolute Gasteiger partial charge is 0.227 e. The van der Waals surface area contributed by atoms with Gasteiger partial charge in [0.05, 0.1) is 6.54 Å². The Morgan fingerprint density at radius 1 is 1.06 bits per heavy atom. The number of hydrogen-bond donors (Lipinski definition) is 0. The van der Waals surface area contributed by atoms with Gasteiger partial charge in [-0.2, -0.15) is 4.98 Å². The van der Waals surface area contributed by atoms with Gasteiger partial charge in [-0.3, -0.25) is 9.59 Å². The second-order valence-electron chi connectivity index (χ2n) is 8.27. The molecule has 0 fully saturated rings. The average molecular weight is 449 g/mol. The van der Waals surface area contributed by atoms with Crippen LogP contribution in [0, 0.1) is 0 Å². The first-order valence-corrected chi connectivity index (χ1v) is 11.1. The van der Waals surface area contributed by atoms with Gasteiger partial charge in [-0.1, -0.05) is 47.6 Å². The van der Waals surface area contributed by atoms with E-state index in [1.165, 1.54) is 0 Å². The molecule has 8 nitrogen and oxygen atoms in total. The molecule has 2 heterocycles. The third-order valence-corrected chi connectivity index (χ3v) is 5.64. The summed E-state index contributed by atoms with van der Waals surface area (Å²) >= 11 is 0. The Kier molecular flexibility index (Phi) is 7.02. The second kappa shape index (κ2) is 10.3. The van der Waals surface area contributed by atoms with Crippen LogP contribution < -0.4 is 4.74 Å². The quantitative estimate of drug-likeness (QED) is 0.552. The third kappa shape index (κ3) is 5.77. The van der Waals surface area contributed by atoms with Crippen LogP contribution in [0.4, 0.5) is 0 Å². The molecule has 0 aliphatic carbocycles. The zero-order valence-electron chi connectivity index (χ0n) is 19.0. The van der Waals surface area contributed by atoms with E-state index < -0.39 is 0 Å². The molecule has 0 radical (unpaired) electrons. The highest BCUT2D eigenvalue weighted by Gasteiger charge is 2.21. The number of hydrogen-bond acceptors (Lipinski definition) is 6. The standard InChI is InChI=1S/C25H28N4O4/c1-28(2)23(30)12-9-18-8-10-21-20(16-18)17-29(14-15-32-21)24(31)13-11-22-26-25(27-33-22)19-6-4-3-5-7-19/h3-8,10,16H,9,11-15,17H2,1-2H3. The molecule has 2 aromatic carbocycles. The zero-order valence-corrected chi connectivity index (χ0v) is 19.0. The number of carbonyl (C=O) groups is 2. The molecular formula is C25H28N4O4. The molecule has 2 amide bonds. The summed E-state index contributed by atoms with van der Waals surface area (Å²) in [5, 5.41) is 4.01. The van der Waals surface area contributed by atoms with Crippen molar-refractivity contribution in [3.63, 3.8) is 0 Å². The topological polar surface area (TPSA) is 88.8 Å². The summed E-state index contributed by atoms with van der Waals surface area (Å²) < 4.78 is 11.2. The first kappa shape index (κ1) is 22.5. The number of rotatable bonds is 7. The van der Waals surface area contributed by atoms with Crippen LogP contribution in [0.1, 0.15) is 29.9 Å². The number of fused-ring (bicyclic) bond motifs is 1. The van der Waals surface area contributed by atoms with Gasteiger partial charge < -0.3 is 19.1 Å². The van der Waals surface area contributed by atoms with E-state index in [1.54, 1.807) is 23.9 Å². The van der Waals surface area contributed by atoms with Gasteiger partial charge in [0.15, 0.2) is 0 Å². The van der Waals surface area contributed by atoms with E-state index in [1.807, 2.05) is 48.5 Å². The molecule has 0 bridgehead atoms. The summed E-state index contributed by atoms with van der Waals surface area (Å²) in [6.07, 6.45) is 1.77. The van der Waals surface area contributed by atoms with Gasteiger partial charge in [-0.25, -0.2) is 0 Å². The van der Waals surface area contributed by atoms with E-state index >= 15 is 0 Å². The van der Waals surface area contributed by atoms with Gasteiger partial charge in [0.2, 0.25) is 23.5 Å². The lowest BCUT2D eigenvalue weighted by Crippen LogP contribution is -2.32. The fraction of sp³-hybridized carbons (Fsp3) is 0.360. The first-order chi connectivity index (χ1) is 16.0. The molecule has 1 aliphatic heterocycles. The first-order valence-electron chi connectivity index (χ1n) is 11.1. The number of aryl methyl sites for hydroxylation is 2. The van der Waals surface area contributed by atoms with Crippen LogP contribution in [0.15, 0.2) is 53.1 Å². The van der Waals surface area contributed by atoms with Crippen molar-refractivity contribution in [3.05, 3.63) is 65.5 Å². The molecule has 3 aromatic rings. The molecular weight excluding hydrogens is 420 g/mol. The minimum Gasteiger partial charge on any atom is -0.491 e. The largest absolute Gasteiger partial charge is 0.491 e. The number of nitrogens with zero attached hydrogens (tertiary/aromatic N) is 4. The highest BCUT2D eigenvalue weighted by atomic mass is 16.5. The molecule has 1 aliphatic rings. The van der Waals surface area contributed by atoms with Crippen molar-refractivity contribution in [1.82, 2.24) is 19.9 Å². The number of benzene rings is 2. The maximum Gasteiger partial charge on any atom is 0.227 e. The molecule has 0 spiro atoms. The third-order valence-electron chi connectivity index (χ3n) is 5.64. The molecule has 172 valence electrons. The Hall–Kier alpha value is -3.68. The molecule has 4 rings (SSSR count). The van der Waals surface area contributed by atoms with Crippen molar-refractivity contribution < 1.29 is 18.8 Å². The Balaban J connectivity index is 1.36. The normalized spacial score (nSPS) is 13.1. The van der Waals surface area contributed by atoms with Crippen LogP contribution >= 0.6 is 0 Å². The average Bonchev–Trinajstić information content (AvgIpc) is 3.20. The molecule has 0 saturated carbocycles. The van der Waals surface area contributed by atoms with Crippen LogP contribution in [0.3, 0.4) is 0 Å². The molecule has 0 atom stereocenters. The van der Waals surface area contributed by atoms with Crippen LogP contribution in [0.25, 0.3) is 11.4 Å². The zero-order chi connectivity index (χ0) is 23.2. The van der Waals surface area contributed by atoms with E-state index in [-0.39, 0.29) is 18.2 Å². The van der Waals surface area contributed by atoms with Gasteiger partial charge in [0.1, 0.15) is 12.4 Å². The second-order valence-corrected chi connectivity index (χ2v) is 8.27. The summed E-state index contributed by atoms with van der Waals surface area (Å²) in [5.74, 6) is 1.86. The van der Waals surface area contributed by atoms with Gasteiger partial charge in [0.25, 0.3) is 0 Å². The van der Waals surface area contributed by atoms with Crippen LogP contribution in [0.2, 0.25) is 0 Å². The van der Waals surface area contributed by atoms with Crippen molar-refractivity contribution >= 4 is 11.8 Å². The van der Waals surface area contributed by atoms with Crippen molar-refractivity contribution in [2.24, 2.45) is 0 Å². The summed E-state index contributed by atoms with van der Waals surface area (Å²) in [4.78, 5) is 32.6. The van der Waals surface area contributed by atoms with Crippen molar-refractivity contribution in [2.75, 3.05) is 27.2 Å². The Labute approximate surface area is 193 Å². The summed E-state index contributed by atoms with van der Waals surface area (Å²) in [6.45, 7) is 1.43. The highest BCUT2D eigenvalue weighted by molar-refractivity contribution is 5.77. The fourth-order valence-corrected chi connectivity index (χ4v) is 3.72. The van der Waals surface area contributed by atoms with Gasteiger partial charge in [-0.05, 0) is 18.1 Å². The van der Waals surface area contributed by atoms with Gasteiger partial charge in [0, 0.05) is 51.0 Å².